The molecule has 1 aromatic heterocycles. The number of hydrogen-bond acceptors (Lipinski definition) is 4. The van der Waals surface area contributed by atoms with Crippen molar-refractivity contribution in [2.24, 2.45) is 4.99 Å². The number of nitrogens with zero attached hydrogens (tertiary/aromatic N) is 2. The summed E-state index contributed by atoms with van der Waals surface area (Å²) in [5.74, 6) is 0. The van der Waals surface area contributed by atoms with Crippen LogP contribution in [0.5, 0.6) is 0 Å². The van der Waals surface area contributed by atoms with E-state index in [1.807, 2.05) is 18.2 Å². The minimum atomic E-state index is 0.689. The summed E-state index contributed by atoms with van der Waals surface area (Å²) in [6.45, 7) is 2.78. The van der Waals surface area contributed by atoms with Crippen LogP contribution in [-0.4, -0.2) is 4.98 Å². The fourth-order valence-electron chi connectivity index (χ4n) is 1.81. The molecule has 0 unspecified atom stereocenters. The van der Waals surface area contributed by atoms with Crippen LogP contribution in [0.25, 0.3) is 10.6 Å². The number of aryl methyl sites for hydroxylation is 1. The van der Waals surface area contributed by atoms with E-state index in [1.54, 1.807) is 20.7 Å². The summed E-state index contributed by atoms with van der Waals surface area (Å²) >= 11 is 0. The first-order chi connectivity index (χ1) is 9.81. The molecule has 0 aliphatic carbocycles. The highest BCUT2D eigenvalue weighted by Gasteiger charge is 2.02. The van der Waals surface area contributed by atoms with Crippen molar-refractivity contribution in [3.05, 3.63) is 70.5 Å². The molecule has 0 atom stereocenters. The third-order valence-corrected chi connectivity index (χ3v) is 5.04. The van der Waals surface area contributed by atoms with Gasteiger partial charge in [0.15, 0.2) is 0 Å². The average Bonchev–Trinajstić information content (AvgIpc) is 2.96. The first kappa shape index (κ1) is 13.2. The minimum Gasteiger partial charge on any atom is -0.252 e. The third-order valence-electron chi connectivity index (χ3n) is 2.93. The molecule has 0 fully saturated rings. The highest BCUT2D eigenvalue weighted by Crippen LogP contribution is 2.22. The van der Waals surface area contributed by atoms with E-state index in [0.717, 1.165) is 15.4 Å². The lowest BCUT2D eigenvalue weighted by atomic mass is 10.2. The summed E-state index contributed by atoms with van der Waals surface area (Å²) in [5.41, 5.74) is 3.64. The molecule has 0 N–H and O–H groups in total. The van der Waals surface area contributed by atoms with Gasteiger partial charge in [0.2, 0.25) is 4.80 Å². The predicted octanol–water partition coefficient (Wildman–Crippen LogP) is 4.28. The number of rotatable bonds is 3. The Labute approximate surface area is 125 Å². The zero-order chi connectivity index (χ0) is 13.8. The van der Waals surface area contributed by atoms with Gasteiger partial charge in [-0.3, -0.25) is 4.99 Å². The van der Waals surface area contributed by atoms with E-state index < -0.39 is 0 Å². The maximum absolute atomic E-state index is 4.60. The van der Waals surface area contributed by atoms with Gasteiger partial charge in [0.1, 0.15) is 5.01 Å². The van der Waals surface area contributed by atoms with Crippen molar-refractivity contribution in [2.75, 3.05) is 0 Å². The van der Waals surface area contributed by atoms with E-state index in [9.17, 15) is 0 Å². The quantitative estimate of drug-likeness (QED) is 0.662. The Balaban J connectivity index is 1.81. The lowest BCUT2D eigenvalue weighted by Gasteiger charge is -1.95. The van der Waals surface area contributed by atoms with Crippen LogP contribution in [0.3, 0.4) is 0 Å². The van der Waals surface area contributed by atoms with Crippen LogP contribution >= 0.6 is 20.7 Å². The zero-order valence-electron chi connectivity index (χ0n) is 11.1. The molecule has 0 bridgehead atoms. The molecule has 2 nitrogen and oxygen atoms in total. The number of hydrogen-bond donors (Lipinski definition) is 0. The van der Waals surface area contributed by atoms with Crippen LogP contribution in [0.2, 0.25) is 0 Å². The first-order valence-corrected chi connectivity index (χ1v) is 8.55. The lowest BCUT2D eigenvalue weighted by Crippen LogP contribution is -1.99. The third kappa shape index (κ3) is 3.21. The molecule has 100 valence electrons. The SMILES string of the molecule is Cc1ccc(-c2nc(=NCc3ccccc3)ss2)cc1. The predicted molar refractivity (Wildman–Crippen MR) is 85.9 cm³/mol. The zero-order valence-corrected chi connectivity index (χ0v) is 12.7. The molecule has 0 amide bonds. The topological polar surface area (TPSA) is 25.2 Å². The molecule has 20 heavy (non-hydrogen) atoms. The average molecular weight is 298 g/mol. The van der Waals surface area contributed by atoms with Gasteiger partial charge in [-0.05, 0) is 22.8 Å². The largest absolute Gasteiger partial charge is 0.252 e. The molecular weight excluding hydrogens is 284 g/mol. The molecule has 0 saturated carbocycles. The van der Waals surface area contributed by atoms with E-state index in [-0.39, 0.29) is 0 Å². The summed E-state index contributed by atoms with van der Waals surface area (Å²) in [5, 5.41) is 1.04. The molecule has 4 heteroatoms. The van der Waals surface area contributed by atoms with Gasteiger partial charge >= 0.3 is 0 Å². The summed E-state index contributed by atoms with van der Waals surface area (Å²) in [7, 11) is 3.31. The lowest BCUT2D eigenvalue weighted by molar-refractivity contribution is 0.995. The highest BCUT2D eigenvalue weighted by atomic mass is 32.9. The van der Waals surface area contributed by atoms with Gasteiger partial charge in [0.05, 0.1) is 6.54 Å². The van der Waals surface area contributed by atoms with Crippen molar-refractivity contribution >= 4 is 20.7 Å². The van der Waals surface area contributed by atoms with Crippen molar-refractivity contribution in [3.8, 4) is 10.6 Å². The van der Waals surface area contributed by atoms with Gasteiger partial charge in [-0.15, -0.1) is 0 Å². The minimum absolute atomic E-state index is 0.689. The summed E-state index contributed by atoms with van der Waals surface area (Å²) in [4.78, 5) is 10.0. The van der Waals surface area contributed by atoms with Crippen molar-refractivity contribution in [1.29, 1.82) is 0 Å². The van der Waals surface area contributed by atoms with Gasteiger partial charge in [0, 0.05) is 5.56 Å². The molecule has 3 rings (SSSR count). The first-order valence-electron chi connectivity index (χ1n) is 6.40. The van der Waals surface area contributed by atoms with Crippen LogP contribution < -0.4 is 4.80 Å². The van der Waals surface area contributed by atoms with E-state index in [1.165, 1.54) is 11.1 Å². The molecule has 0 aliphatic heterocycles. The van der Waals surface area contributed by atoms with Gasteiger partial charge < -0.3 is 0 Å². The van der Waals surface area contributed by atoms with Gasteiger partial charge in [-0.2, -0.15) is 0 Å². The smallest absolute Gasteiger partial charge is 0.216 e. The van der Waals surface area contributed by atoms with Gasteiger partial charge in [-0.25, -0.2) is 4.98 Å². The second kappa shape index (κ2) is 6.11. The maximum atomic E-state index is 4.60. The van der Waals surface area contributed by atoms with Crippen molar-refractivity contribution < 1.29 is 0 Å². The second-order valence-electron chi connectivity index (χ2n) is 4.53. The fraction of sp³-hybridized carbons (Fsp3) is 0.125. The molecule has 3 aromatic rings. The van der Waals surface area contributed by atoms with E-state index >= 15 is 0 Å². The Hall–Kier alpha value is -1.78. The summed E-state index contributed by atoms with van der Waals surface area (Å²) in [6.07, 6.45) is 0. The standard InChI is InChI=1S/C16H14N2S2/c1-12-7-9-14(10-8-12)15-18-16(20-19-15)17-11-13-5-3-2-4-6-13/h2-10H,11H2,1H3. The summed E-state index contributed by atoms with van der Waals surface area (Å²) < 4.78 is 0. The van der Waals surface area contributed by atoms with Crippen molar-refractivity contribution in [1.82, 2.24) is 4.98 Å². The Bertz CT molecular complexity index is 740. The van der Waals surface area contributed by atoms with E-state index in [2.05, 4.69) is 53.3 Å². The normalized spacial score (nSPS) is 11.8. The van der Waals surface area contributed by atoms with Crippen LogP contribution in [-0.2, 0) is 6.54 Å². The van der Waals surface area contributed by atoms with E-state index in [4.69, 9.17) is 0 Å². The van der Waals surface area contributed by atoms with Crippen LogP contribution in [0.4, 0.5) is 0 Å². The Morgan fingerprint density at radius 1 is 0.950 bits per heavy atom. The molecule has 0 aliphatic rings. The van der Waals surface area contributed by atoms with Gasteiger partial charge in [0.25, 0.3) is 0 Å². The highest BCUT2D eigenvalue weighted by molar-refractivity contribution is 7.69. The van der Waals surface area contributed by atoms with Gasteiger partial charge in [-0.1, -0.05) is 70.5 Å². The molecule has 0 spiro atoms. The molecule has 2 aromatic carbocycles. The second-order valence-corrected chi connectivity index (χ2v) is 6.62. The fourth-order valence-corrected chi connectivity index (χ4v) is 3.76. The number of benzene rings is 2. The molecule has 1 heterocycles. The van der Waals surface area contributed by atoms with Crippen LogP contribution in [0, 0.1) is 6.92 Å². The number of aromatic nitrogens is 1. The maximum Gasteiger partial charge on any atom is 0.216 e. The van der Waals surface area contributed by atoms with Crippen LogP contribution in [0.15, 0.2) is 59.6 Å². The molecule has 0 radical (unpaired) electrons. The molecule has 0 saturated heterocycles. The monoisotopic (exact) mass is 298 g/mol. The van der Waals surface area contributed by atoms with Crippen molar-refractivity contribution in [2.45, 2.75) is 13.5 Å². The molecular formula is C16H14N2S2. The Kier molecular flexibility index (Phi) is 4.04. The Morgan fingerprint density at radius 3 is 2.45 bits per heavy atom. The van der Waals surface area contributed by atoms with E-state index in [0.29, 0.717) is 6.54 Å². The van der Waals surface area contributed by atoms with Crippen LogP contribution in [0.1, 0.15) is 11.1 Å². The Morgan fingerprint density at radius 2 is 1.70 bits per heavy atom. The summed E-state index contributed by atoms with van der Waals surface area (Å²) in [6, 6.07) is 18.7. The van der Waals surface area contributed by atoms with Crippen molar-refractivity contribution in [3.63, 3.8) is 0 Å².